The second-order valence-corrected chi connectivity index (χ2v) is 3.39. The van der Waals surface area contributed by atoms with Crippen molar-refractivity contribution < 1.29 is 14.6 Å². The fraction of sp³-hybridized carbons (Fsp3) is 0.300. The molecule has 3 nitrogen and oxygen atoms in total. The van der Waals surface area contributed by atoms with Crippen molar-refractivity contribution in [2.75, 3.05) is 6.61 Å². The summed E-state index contributed by atoms with van der Waals surface area (Å²) in [6, 6.07) is 0. The van der Waals surface area contributed by atoms with Crippen LogP contribution in [0.4, 0.5) is 0 Å². The van der Waals surface area contributed by atoms with Gasteiger partial charge in [-0.25, -0.2) is 0 Å². The Balaban J connectivity index is 2.49. The van der Waals surface area contributed by atoms with Crippen LogP contribution >= 0.6 is 0 Å². The summed E-state index contributed by atoms with van der Waals surface area (Å²) in [5.41, 5.74) is -0.577. The summed E-state index contributed by atoms with van der Waals surface area (Å²) in [5.74, 6) is 0.481. The van der Waals surface area contributed by atoms with Gasteiger partial charge in [-0.3, -0.25) is 4.79 Å². The highest BCUT2D eigenvalue weighted by Gasteiger charge is 2.28. The Morgan fingerprint density at radius 1 is 1.62 bits per heavy atom. The number of carbonyl (C=O) groups is 1. The summed E-state index contributed by atoms with van der Waals surface area (Å²) in [6.45, 7) is 1.71. The standard InChI is InChI=1S/C10H10O3/c1-10(12)4-2-3-9-7(5-10)8(11)6-13-9/h2-5,12H,6H2,1H3. The van der Waals surface area contributed by atoms with Crippen molar-refractivity contribution in [3.8, 4) is 0 Å². The maximum atomic E-state index is 11.3. The molecule has 0 amide bonds. The molecule has 0 radical (unpaired) electrons. The van der Waals surface area contributed by atoms with Gasteiger partial charge in [0.25, 0.3) is 0 Å². The van der Waals surface area contributed by atoms with Crippen LogP contribution in [0, 0.1) is 0 Å². The van der Waals surface area contributed by atoms with Crippen molar-refractivity contribution in [2.45, 2.75) is 12.5 Å². The Labute approximate surface area is 76.0 Å². The number of ether oxygens (including phenoxy) is 1. The van der Waals surface area contributed by atoms with E-state index < -0.39 is 5.60 Å². The van der Waals surface area contributed by atoms with E-state index in [2.05, 4.69) is 0 Å². The molecule has 0 spiro atoms. The lowest BCUT2D eigenvalue weighted by Gasteiger charge is -2.12. The first-order valence-electron chi connectivity index (χ1n) is 4.10. The number of rotatable bonds is 0. The molecule has 1 atom stereocenters. The molecular weight excluding hydrogens is 168 g/mol. The molecule has 0 aromatic heterocycles. The predicted molar refractivity (Wildman–Crippen MR) is 46.9 cm³/mol. The zero-order valence-electron chi connectivity index (χ0n) is 7.28. The van der Waals surface area contributed by atoms with Gasteiger partial charge in [-0.2, -0.15) is 0 Å². The number of hydrogen-bond acceptors (Lipinski definition) is 3. The van der Waals surface area contributed by atoms with Gasteiger partial charge in [-0.15, -0.1) is 0 Å². The Bertz CT molecular complexity index is 345. The largest absolute Gasteiger partial charge is 0.485 e. The topological polar surface area (TPSA) is 46.5 Å². The third kappa shape index (κ3) is 1.42. The molecular formula is C10H10O3. The third-order valence-electron chi connectivity index (χ3n) is 2.04. The summed E-state index contributed by atoms with van der Waals surface area (Å²) >= 11 is 0. The first-order chi connectivity index (χ1) is 6.08. The number of allylic oxidation sites excluding steroid dienone is 3. The first-order valence-corrected chi connectivity index (χ1v) is 4.10. The summed E-state index contributed by atoms with van der Waals surface area (Å²) in [6.07, 6.45) is 6.52. The van der Waals surface area contributed by atoms with E-state index in [0.717, 1.165) is 0 Å². The smallest absolute Gasteiger partial charge is 0.203 e. The van der Waals surface area contributed by atoms with Crippen molar-refractivity contribution in [1.29, 1.82) is 0 Å². The van der Waals surface area contributed by atoms with Crippen LogP contribution in [0.5, 0.6) is 0 Å². The van der Waals surface area contributed by atoms with Gasteiger partial charge in [-0.1, -0.05) is 6.08 Å². The Morgan fingerprint density at radius 2 is 2.38 bits per heavy atom. The molecule has 2 aliphatic rings. The molecule has 0 saturated carbocycles. The van der Waals surface area contributed by atoms with E-state index in [-0.39, 0.29) is 12.4 Å². The van der Waals surface area contributed by atoms with Crippen molar-refractivity contribution in [2.24, 2.45) is 0 Å². The van der Waals surface area contributed by atoms with Crippen molar-refractivity contribution in [1.82, 2.24) is 0 Å². The highest BCUT2D eigenvalue weighted by Crippen LogP contribution is 2.26. The predicted octanol–water partition coefficient (Wildman–Crippen LogP) is 0.717. The summed E-state index contributed by atoms with van der Waals surface area (Å²) < 4.78 is 5.12. The number of Topliss-reactive ketones (excluding diaryl/α,β-unsaturated/α-hetero) is 1. The van der Waals surface area contributed by atoms with Crippen molar-refractivity contribution in [3.05, 3.63) is 35.6 Å². The molecule has 0 aromatic rings. The zero-order valence-corrected chi connectivity index (χ0v) is 7.28. The van der Waals surface area contributed by atoms with E-state index in [0.29, 0.717) is 11.3 Å². The van der Waals surface area contributed by atoms with Crippen molar-refractivity contribution in [3.63, 3.8) is 0 Å². The van der Waals surface area contributed by atoms with Crippen LogP contribution in [-0.4, -0.2) is 23.1 Å². The molecule has 68 valence electrons. The lowest BCUT2D eigenvalue weighted by Crippen LogP contribution is -2.18. The van der Waals surface area contributed by atoms with Gasteiger partial charge in [0, 0.05) is 0 Å². The SMILES string of the molecule is CC1(O)C=CC=C2OCC(=O)C2=C1. The lowest BCUT2D eigenvalue weighted by molar-refractivity contribution is -0.115. The summed E-state index contributed by atoms with van der Waals surface area (Å²) in [5, 5.41) is 9.72. The van der Waals surface area contributed by atoms with E-state index in [1.165, 1.54) is 6.08 Å². The fourth-order valence-corrected chi connectivity index (χ4v) is 1.40. The first kappa shape index (κ1) is 8.26. The molecule has 0 bridgehead atoms. The van der Waals surface area contributed by atoms with E-state index >= 15 is 0 Å². The third-order valence-corrected chi connectivity index (χ3v) is 2.04. The minimum Gasteiger partial charge on any atom is -0.485 e. The molecule has 1 unspecified atom stereocenters. The van der Waals surface area contributed by atoms with Gasteiger partial charge in [0.15, 0.2) is 6.61 Å². The molecule has 1 heterocycles. The normalized spacial score (nSPS) is 31.7. The number of carbonyl (C=O) groups excluding carboxylic acids is 1. The van der Waals surface area contributed by atoms with Crippen LogP contribution in [0.15, 0.2) is 35.6 Å². The van der Waals surface area contributed by atoms with E-state index in [9.17, 15) is 9.90 Å². The molecule has 0 aromatic carbocycles. The molecule has 2 rings (SSSR count). The van der Waals surface area contributed by atoms with Crippen LogP contribution < -0.4 is 0 Å². The van der Waals surface area contributed by atoms with Crippen molar-refractivity contribution >= 4 is 5.78 Å². The maximum Gasteiger partial charge on any atom is 0.203 e. The van der Waals surface area contributed by atoms with Gasteiger partial charge in [-0.05, 0) is 25.2 Å². The van der Waals surface area contributed by atoms with Gasteiger partial charge in [0.2, 0.25) is 5.78 Å². The maximum absolute atomic E-state index is 11.3. The van der Waals surface area contributed by atoms with Gasteiger partial charge >= 0.3 is 0 Å². The molecule has 1 fully saturated rings. The average Bonchev–Trinajstić information content (AvgIpc) is 2.31. The van der Waals surface area contributed by atoms with Crippen LogP contribution in [0.25, 0.3) is 0 Å². The van der Waals surface area contributed by atoms with Crippen LogP contribution in [0.1, 0.15) is 6.92 Å². The van der Waals surface area contributed by atoms with E-state index in [1.807, 2.05) is 0 Å². The summed E-state index contributed by atoms with van der Waals surface area (Å²) in [7, 11) is 0. The second kappa shape index (κ2) is 2.57. The van der Waals surface area contributed by atoms with E-state index in [4.69, 9.17) is 4.74 Å². The van der Waals surface area contributed by atoms with Gasteiger partial charge < -0.3 is 9.84 Å². The van der Waals surface area contributed by atoms with Gasteiger partial charge in [0.1, 0.15) is 5.76 Å². The molecule has 1 aliphatic heterocycles. The molecule has 1 N–H and O–H groups in total. The number of ketones is 1. The molecule has 1 saturated heterocycles. The average molecular weight is 178 g/mol. The molecule has 1 aliphatic carbocycles. The Hall–Kier alpha value is -1.35. The zero-order chi connectivity index (χ0) is 9.47. The van der Waals surface area contributed by atoms with E-state index in [1.54, 1.807) is 25.2 Å². The van der Waals surface area contributed by atoms with Crippen LogP contribution in [0.3, 0.4) is 0 Å². The lowest BCUT2D eigenvalue weighted by atomic mass is 10.0. The van der Waals surface area contributed by atoms with Gasteiger partial charge in [0.05, 0.1) is 11.2 Å². The number of aliphatic hydroxyl groups is 1. The summed E-state index contributed by atoms with van der Waals surface area (Å²) in [4.78, 5) is 11.3. The second-order valence-electron chi connectivity index (χ2n) is 3.39. The Kier molecular flexibility index (Phi) is 1.63. The minimum atomic E-state index is -1.06. The fourth-order valence-electron chi connectivity index (χ4n) is 1.40. The number of hydrogen-bond donors (Lipinski definition) is 1. The number of fused-ring (bicyclic) bond motifs is 1. The minimum absolute atomic E-state index is 0.0739. The molecule has 3 heteroatoms. The monoisotopic (exact) mass is 178 g/mol. The highest BCUT2D eigenvalue weighted by molar-refractivity contribution is 6.02. The Morgan fingerprint density at radius 3 is 3.15 bits per heavy atom. The highest BCUT2D eigenvalue weighted by atomic mass is 16.5. The quantitative estimate of drug-likeness (QED) is 0.594. The molecule has 13 heavy (non-hydrogen) atoms. The van der Waals surface area contributed by atoms with Crippen LogP contribution in [-0.2, 0) is 9.53 Å². The van der Waals surface area contributed by atoms with Crippen LogP contribution in [0.2, 0.25) is 0 Å².